The summed E-state index contributed by atoms with van der Waals surface area (Å²) in [5, 5.41) is 0. The van der Waals surface area contributed by atoms with Crippen molar-refractivity contribution in [2.24, 2.45) is 0 Å². The first kappa shape index (κ1) is 19.3. The lowest BCUT2D eigenvalue weighted by Gasteiger charge is -2.08. The lowest BCUT2D eigenvalue weighted by molar-refractivity contribution is 0.482. The maximum Gasteiger partial charge on any atom is 0.127 e. The van der Waals surface area contributed by atoms with E-state index in [1.165, 1.54) is 0 Å². The van der Waals surface area contributed by atoms with Crippen molar-refractivity contribution in [2.75, 3.05) is 11.5 Å². The van der Waals surface area contributed by atoms with Gasteiger partial charge in [0.2, 0.25) is 0 Å². The van der Waals surface area contributed by atoms with Crippen LogP contribution in [-0.2, 0) is 0 Å². The van der Waals surface area contributed by atoms with Crippen molar-refractivity contribution in [2.45, 2.75) is 19.6 Å². The van der Waals surface area contributed by atoms with Crippen molar-refractivity contribution in [3.05, 3.63) is 97.1 Å². The molecule has 0 bridgehead atoms. The Morgan fingerprint density at radius 3 is 1.00 bits per heavy atom. The number of anilines is 2. The van der Waals surface area contributed by atoms with Crippen LogP contribution in [-0.4, -0.2) is 0 Å². The summed E-state index contributed by atoms with van der Waals surface area (Å²) in [5.74, 6) is 1.62. The second kappa shape index (κ2) is 8.99. The van der Waals surface area contributed by atoms with E-state index >= 15 is 0 Å². The third kappa shape index (κ3) is 5.50. The van der Waals surface area contributed by atoms with E-state index in [1.54, 1.807) is 23.5 Å². The highest BCUT2D eigenvalue weighted by Crippen LogP contribution is 2.32. The Hall–Kier alpha value is -3.02. The molecule has 0 heterocycles. The molecule has 144 valence electrons. The van der Waals surface area contributed by atoms with E-state index in [0.717, 1.165) is 42.5 Å². The van der Waals surface area contributed by atoms with E-state index < -0.39 is 0 Å². The number of nitrogens with two attached hydrogens (primary N) is 2. The van der Waals surface area contributed by atoms with Gasteiger partial charge in [-0.1, -0.05) is 23.5 Å². The SMILES string of the molecule is Nc1ccc(Sc2ccc(Oc3ccc(Sc4ccc(N)cc4)cc3)cc2)cc1. The quantitative estimate of drug-likeness (QED) is 0.333. The molecule has 0 amide bonds. The number of rotatable bonds is 6. The van der Waals surface area contributed by atoms with Crippen LogP contribution in [0.1, 0.15) is 0 Å². The highest BCUT2D eigenvalue weighted by Gasteiger charge is 2.02. The van der Waals surface area contributed by atoms with Gasteiger partial charge in [-0.3, -0.25) is 0 Å². The van der Waals surface area contributed by atoms with Gasteiger partial charge in [-0.05, 0) is 97.1 Å². The van der Waals surface area contributed by atoms with Gasteiger partial charge in [0, 0.05) is 31.0 Å². The molecule has 29 heavy (non-hydrogen) atoms. The van der Waals surface area contributed by atoms with Crippen molar-refractivity contribution in [1.82, 2.24) is 0 Å². The molecule has 0 saturated heterocycles. The molecule has 4 rings (SSSR count). The minimum absolute atomic E-state index is 0.774. The van der Waals surface area contributed by atoms with Gasteiger partial charge in [0.15, 0.2) is 0 Å². The van der Waals surface area contributed by atoms with Crippen LogP contribution < -0.4 is 16.2 Å². The highest BCUT2D eigenvalue weighted by molar-refractivity contribution is 7.99. The first-order valence-electron chi connectivity index (χ1n) is 9.09. The average Bonchev–Trinajstić information content (AvgIpc) is 2.74. The standard InChI is InChI=1S/C24H20N2OS2/c25-17-1-9-21(10-2-17)28-23-13-5-19(6-14-23)27-20-7-15-24(16-8-20)29-22-11-3-18(26)4-12-22/h1-16H,25-26H2. The molecular weight excluding hydrogens is 396 g/mol. The van der Waals surface area contributed by atoms with Crippen molar-refractivity contribution >= 4 is 34.9 Å². The summed E-state index contributed by atoms with van der Waals surface area (Å²) in [4.78, 5) is 4.61. The summed E-state index contributed by atoms with van der Waals surface area (Å²) in [6, 6.07) is 31.9. The smallest absolute Gasteiger partial charge is 0.127 e. The number of ether oxygens (including phenoxy) is 1. The van der Waals surface area contributed by atoms with Gasteiger partial charge < -0.3 is 16.2 Å². The van der Waals surface area contributed by atoms with E-state index in [1.807, 2.05) is 72.8 Å². The Labute approximate surface area is 179 Å². The molecule has 0 saturated carbocycles. The van der Waals surface area contributed by atoms with Crippen LogP contribution in [0.3, 0.4) is 0 Å². The van der Waals surface area contributed by atoms with Crippen molar-refractivity contribution in [1.29, 1.82) is 0 Å². The Kier molecular flexibility index (Phi) is 5.98. The minimum Gasteiger partial charge on any atom is -0.457 e. The Morgan fingerprint density at radius 1 is 0.414 bits per heavy atom. The molecule has 4 aromatic rings. The van der Waals surface area contributed by atoms with Crippen LogP contribution in [0.25, 0.3) is 0 Å². The van der Waals surface area contributed by atoms with E-state index in [-0.39, 0.29) is 0 Å². The summed E-state index contributed by atoms with van der Waals surface area (Å²) in [6.45, 7) is 0. The minimum atomic E-state index is 0.774. The van der Waals surface area contributed by atoms with E-state index in [4.69, 9.17) is 16.2 Å². The van der Waals surface area contributed by atoms with Gasteiger partial charge in [-0.25, -0.2) is 0 Å². The molecule has 5 heteroatoms. The second-order valence-corrected chi connectivity index (χ2v) is 8.68. The first-order valence-corrected chi connectivity index (χ1v) is 10.7. The molecular formula is C24H20N2OS2. The van der Waals surface area contributed by atoms with Crippen LogP contribution in [0.15, 0.2) is 117 Å². The number of nitrogen functional groups attached to an aromatic ring is 2. The number of benzene rings is 4. The molecule has 0 fully saturated rings. The lowest BCUT2D eigenvalue weighted by Crippen LogP contribution is -1.85. The Balaban J connectivity index is 1.36. The van der Waals surface area contributed by atoms with E-state index in [0.29, 0.717) is 0 Å². The molecule has 3 nitrogen and oxygen atoms in total. The molecule has 0 unspecified atom stereocenters. The first-order chi connectivity index (χ1) is 14.1. The molecule has 0 aliphatic heterocycles. The van der Waals surface area contributed by atoms with Crippen LogP contribution in [0.5, 0.6) is 11.5 Å². The Morgan fingerprint density at radius 2 is 0.690 bits per heavy atom. The fourth-order valence-electron chi connectivity index (χ4n) is 2.63. The predicted octanol–water partition coefficient (Wildman–Crippen LogP) is 6.95. The summed E-state index contributed by atoms with van der Waals surface area (Å²) in [6.07, 6.45) is 0. The summed E-state index contributed by atoms with van der Waals surface area (Å²) in [7, 11) is 0. The van der Waals surface area contributed by atoms with Gasteiger partial charge in [0.1, 0.15) is 11.5 Å². The van der Waals surface area contributed by atoms with Gasteiger partial charge in [0.25, 0.3) is 0 Å². The van der Waals surface area contributed by atoms with Gasteiger partial charge in [-0.15, -0.1) is 0 Å². The fraction of sp³-hybridized carbons (Fsp3) is 0. The molecule has 0 atom stereocenters. The second-order valence-electron chi connectivity index (χ2n) is 6.39. The third-order valence-electron chi connectivity index (χ3n) is 4.11. The maximum atomic E-state index is 5.97. The van der Waals surface area contributed by atoms with Gasteiger partial charge >= 0.3 is 0 Å². The molecule has 0 spiro atoms. The zero-order valence-corrected chi connectivity index (χ0v) is 17.3. The van der Waals surface area contributed by atoms with Crippen LogP contribution in [0.2, 0.25) is 0 Å². The number of hydrogen-bond acceptors (Lipinski definition) is 5. The molecule has 0 aliphatic rings. The summed E-state index contributed by atoms with van der Waals surface area (Å²) in [5.41, 5.74) is 13.0. The molecule has 0 radical (unpaired) electrons. The lowest BCUT2D eigenvalue weighted by atomic mass is 10.3. The maximum absolute atomic E-state index is 5.97. The predicted molar refractivity (Wildman–Crippen MR) is 123 cm³/mol. The monoisotopic (exact) mass is 416 g/mol. The fourth-order valence-corrected chi connectivity index (χ4v) is 4.26. The largest absolute Gasteiger partial charge is 0.457 e. The van der Waals surface area contributed by atoms with Crippen LogP contribution in [0, 0.1) is 0 Å². The molecule has 0 aromatic heterocycles. The third-order valence-corrected chi connectivity index (χ3v) is 6.15. The normalized spacial score (nSPS) is 10.6. The highest BCUT2D eigenvalue weighted by atomic mass is 32.2. The van der Waals surface area contributed by atoms with Gasteiger partial charge in [0.05, 0.1) is 0 Å². The van der Waals surface area contributed by atoms with Crippen molar-refractivity contribution in [3.8, 4) is 11.5 Å². The van der Waals surface area contributed by atoms with Crippen molar-refractivity contribution < 1.29 is 4.74 Å². The molecule has 4 aromatic carbocycles. The van der Waals surface area contributed by atoms with Crippen molar-refractivity contribution in [3.63, 3.8) is 0 Å². The summed E-state index contributed by atoms with van der Waals surface area (Å²) < 4.78 is 5.97. The van der Waals surface area contributed by atoms with Crippen LogP contribution in [0.4, 0.5) is 11.4 Å². The van der Waals surface area contributed by atoms with Crippen LogP contribution >= 0.6 is 23.5 Å². The zero-order valence-electron chi connectivity index (χ0n) is 15.6. The van der Waals surface area contributed by atoms with E-state index in [2.05, 4.69) is 24.3 Å². The van der Waals surface area contributed by atoms with E-state index in [9.17, 15) is 0 Å². The summed E-state index contributed by atoms with van der Waals surface area (Å²) >= 11 is 3.39. The molecule has 4 N–H and O–H groups in total. The molecule has 0 aliphatic carbocycles. The Bertz CT molecular complexity index is 973. The topological polar surface area (TPSA) is 61.3 Å². The number of hydrogen-bond donors (Lipinski definition) is 2. The zero-order chi connectivity index (χ0) is 20.1. The van der Waals surface area contributed by atoms with Gasteiger partial charge in [-0.2, -0.15) is 0 Å². The average molecular weight is 417 g/mol.